The Hall–Kier alpha value is -3.88. The van der Waals surface area contributed by atoms with Gasteiger partial charge in [0.15, 0.2) is 0 Å². The number of fused-ring (bicyclic) bond motifs is 2. The van der Waals surface area contributed by atoms with Gasteiger partial charge in [0.2, 0.25) is 17.7 Å². The van der Waals surface area contributed by atoms with Crippen molar-refractivity contribution >= 4 is 63.5 Å². The first kappa shape index (κ1) is 28.2. The van der Waals surface area contributed by atoms with Crippen LogP contribution in [0.2, 0.25) is 0 Å². The van der Waals surface area contributed by atoms with Gasteiger partial charge in [0.05, 0.1) is 29.3 Å². The smallest absolute Gasteiger partial charge is 0.416 e. The first-order chi connectivity index (χ1) is 20.1. The number of alkyl halides is 3. The first-order valence-electron chi connectivity index (χ1n) is 12.5. The van der Waals surface area contributed by atoms with E-state index in [0.29, 0.717) is 21.3 Å². The van der Waals surface area contributed by atoms with Crippen LogP contribution in [-0.4, -0.2) is 34.6 Å². The van der Waals surface area contributed by atoms with E-state index in [4.69, 9.17) is 4.74 Å². The lowest BCUT2D eigenvalue weighted by molar-refractivity contribution is -0.137. The van der Waals surface area contributed by atoms with Crippen molar-refractivity contribution < 1.29 is 32.3 Å². The van der Waals surface area contributed by atoms with Gasteiger partial charge in [-0.2, -0.15) is 13.2 Å². The third-order valence-corrected chi connectivity index (χ3v) is 10.6. The number of carbonyl (C=O) groups is 3. The third-order valence-electron chi connectivity index (χ3n) is 7.01. The van der Waals surface area contributed by atoms with Crippen LogP contribution in [0.15, 0.2) is 75.9 Å². The van der Waals surface area contributed by atoms with Crippen LogP contribution in [0.25, 0.3) is 0 Å². The third kappa shape index (κ3) is 4.92. The van der Waals surface area contributed by atoms with E-state index in [1.54, 1.807) is 41.8 Å². The van der Waals surface area contributed by atoms with Crippen molar-refractivity contribution in [2.24, 2.45) is 5.92 Å². The Bertz CT molecular complexity index is 1750. The molecule has 1 fully saturated rings. The van der Waals surface area contributed by atoms with Crippen LogP contribution < -0.4 is 19.8 Å². The van der Waals surface area contributed by atoms with Gasteiger partial charge in [-0.3, -0.25) is 23.7 Å². The average Bonchev–Trinajstić information content (AvgIpc) is 3.66. The number of halogens is 3. The molecule has 0 saturated carbocycles. The van der Waals surface area contributed by atoms with Gasteiger partial charge in [0, 0.05) is 21.4 Å². The number of anilines is 2. The van der Waals surface area contributed by atoms with Crippen LogP contribution in [0.1, 0.15) is 21.2 Å². The molecule has 0 aliphatic carbocycles. The maximum Gasteiger partial charge on any atom is 0.416 e. The standard InChI is InChI=1S/C28H20F3N3O5S3/c1-39-17-9-7-15(8-10-17)32-19(35)13-33-26-23(42-27(33)38)20(18-6-3-11-40-18)21-22(41-26)25(37)34(24(21)36)16-5-2-4-14(12-16)28(29,30)31/h2-12,20-22H,13H2,1H3,(H,32,35)/t20-,21+,22-/m0/s1. The molecule has 0 bridgehead atoms. The van der Waals surface area contributed by atoms with Crippen LogP contribution in [0, 0.1) is 5.92 Å². The Morgan fingerprint density at radius 1 is 1.02 bits per heavy atom. The van der Waals surface area contributed by atoms with Crippen molar-refractivity contribution in [2.75, 3.05) is 17.3 Å². The quantitative estimate of drug-likeness (QED) is 0.285. The lowest BCUT2D eigenvalue weighted by atomic mass is 9.87. The molecule has 1 N–H and O–H groups in total. The molecule has 8 nitrogen and oxygen atoms in total. The molecule has 6 rings (SSSR count). The maximum atomic E-state index is 13.8. The highest BCUT2D eigenvalue weighted by Crippen LogP contribution is 2.54. The Morgan fingerprint density at radius 3 is 2.45 bits per heavy atom. The number of carbonyl (C=O) groups excluding carboxylic acids is 3. The highest BCUT2D eigenvalue weighted by atomic mass is 32.2. The van der Waals surface area contributed by atoms with Gasteiger partial charge in [-0.05, 0) is 53.9 Å². The van der Waals surface area contributed by atoms with Crippen molar-refractivity contribution in [3.05, 3.63) is 91.0 Å². The summed E-state index contributed by atoms with van der Waals surface area (Å²) in [4.78, 5) is 55.3. The number of rotatable bonds is 6. The van der Waals surface area contributed by atoms with Gasteiger partial charge >= 0.3 is 11.0 Å². The lowest BCUT2D eigenvalue weighted by Gasteiger charge is -2.29. The number of thiazole rings is 1. The predicted molar refractivity (Wildman–Crippen MR) is 153 cm³/mol. The van der Waals surface area contributed by atoms with E-state index in [1.807, 2.05) is 0 Å². The van der Waals surface area contributed by atoms with Gasteiger partial charge < -0.3 is 10.1 Å². The SMILES string of the molecule is COc1ccc(NC(=O)Cn2c3c(sc2=O)[C@@H](c2cccs2)[C@H]2C(=O)N(c4cccc(C(F)(F)F)c4)C(=O)[C@H]2S3)cc1. The summed E-state index contributed by atoms with van der Waals surface area (Å²) in [5, 5.41) is 3.93. The van der Waals surface area contributed by atoms with Crippen LogP contribution in [0.5, 0.6) is 5.75 Å². The summed E-state index contributed by atoms with van der Waals surface area (Å²) >= 11 is 3.24. The minimum absolute atomic E-state index is 0.167. The number of nitrogens with zero attached hydrogens (tertiary/aromatic N) is 2. The topological polar surface area (TPSA) is 97.7 Å². The van der Waals surface area contributed by atoms with Crippen molar-refractivity contribution in [1.29, 1.82) is 0 Å². The van der Waals surface area contributed by atoms with Crippen molar-refractivity contribution in [2.45, 2.75) is 28.9 Å². The molecular weight excluding hydrogens is 612 g/mol. The molecule has 3 amide bonds. The van der Waals surface area contributed by atoms with E-state index < -0.39 is 51.4 Å². The number of methoxy groups -OCH3 is 1. The zero-order valence-corrected chi connectivity index (χ0v) is 24.0. The molecule has 216 valence electrons. The second-order valence-electron chi connectivity index (χ2n) is 9.52. The molecule has 4 heterocycles. The molecule has 0 spiro atoms. The van der Waals surface area contributed by atoms with Gasteiger partial charge in [-0.15, -0.1) is 11.3 Å². The second-order valence-corrected chi connectivity index (χ2v) is 12.6. The monoisotopic (exact) mass is 631 g/mol. The van der Waals surface area contributed by atoms with Crippen LogP contribution >= 0.6 is 34.4 Å². The molecule has 0 unspecified atom stereocenters. The van der Waals surface area contributed by atoms with Gasteiger partial charge in [-0.1, -0.05) is 35.2 Å². The molecule has 14 heteroatoms. The van der Waals surface area contributed by atoms with Crippen molar-refractivity contribution in [3.8, 4) is 5.75 Å². The molecule has 2 aromatic heterocycles. The fourth-order valence-corrected chi connectivity index (χ4v) is 8.85. The normalized spacial score (nSPS) is 19.9. The van der Waals surface area contributed by atoms with Gasteiger partial charge in [0.1, 0.15) is 17.5 Å². The number of amides is 3. The number of thiophene rings is 1. The number of hydrogen-bond acceptors (Lipinski definition) is 8. The summed E-state index contributed by atoms with van der Waals surface area (Å²) in [7, 11) is 1.52. The molecule has 2 aliphatic heterocycles. The summed E-state index contributed by atoms with van der Waals surface area (Å²) < 4.78 is 46.7. The molecular formula is C28H20F3N3O5S3. The summed E-state index contributed by atoms with van der Waals surface area (Å²) in [5.41, 5.74) is -0.649. The van der Waals surface area contributed by atoms with Crippen molar-refractivity contribution in [1.82, 2.24) is 4.57 Å². The second kappa shape index (κ2) is 10.7. The Balaban J connectivity index is 1.36. The van der Waals surface area contributed by atoms with Gasteiger partial charge in [0.25, 0.3) is 0 Å². The largest absolute Gasteiger partial charge is 0.497 e. The van der Waals surface area contributed by atoms with E-state index >= 15 is 0 Å². The summed E-state index contributed by atoms with van der Waals surface area (Å²) in [6.07, 6.45) is -4.66. The first-order valence-corrected chi connectivity index (χ1v) is 15.1. The summed E-state index contributed by atoms with van der Waals surface area (Å²) in [6.45, 7) is -0.336. The zero-order valence-electron chi connectivity index (χ0n) is 21.6. The molecule has 4 aromatic rings. The fraction of sp³-hybridized carbons (Fsp3) is 0.214. The fourth-order valence-electron chi connectivity index (χ4n) is 5.12. The number of nitrogens with one attached hydrogen (secondary N) is 1. The molecule has 42 heavy (non-hydrogen) atoms. The van der Waals surface area contributed by atoms with E-state index in [1.165, 1.54) is 29.1 Å². The average molecular weight is 632 g/mol. The number of hydrogen-bond donors (Lipinski definition) is 1. The maximum absolute atomic E-state index is 13.8. The predicted octanol–water partition coefficient (Wildman–Crippen LogP) is 5.43. The zero-order chi connectivity index (χ0) is 29.8. The highest BCUT2D eigenvalue weighted by Gasteiger charge is 2.57. The molecule has 3 atom stereocenters. The highest BCUT2D eigenvalue weighted by molar-refractivity contribution is 8.00. The Kier molecular flexibility index (Phi) is 7.23. The number of aromatic nitrogens is 1. The molecule has 2 aromatic carbocycles. The van der Waals surface area contributed by atoms with Crippen LogP contribution in [0.4, 0.5) is 24.5 Å². The van der Waals surface area contributed by atoms with Crippen molar-refractivity contribution in [3.63, 3.8) is 0 Å². The lowest BCUT2D eigenvalue weighted by Crippen LogP contribution is -2.32. The molecule has 1 saturated heterocycles. The minimum Gasteiger partial charge on any atom is -0.497 e. The summed E-state index contributed by atoms with van der Waals surface area (Å²) in [6, 6.07) is 14.3. The Morgan fingerprint density at radius 2 is 1.79 bits per heavy atom. The molecule has 0 radical (unpaired) electrons. The van der Waals surface area contributed by atoms with Crippen LogP contribution in [-0.2, 0) is 27.1 Å². The van der Waals surface area contributed by atoms with E-state index in [2.05, 4.69) is 5.32 Å². The molecule has 2 aliphatic rings. The van der Waals surface area contributed by atoms with E-state index in [0.717, 1.165) is 51.1 Å². The van der Waals surface area contributed by atoms with E-state index in [-0.39, 0.29) is 12.2 Å². The number of benzene rings is 2. The number of ether oxygens (including phenoxy) is 1. The number of imide groups is 1. The van der Waals surface area contributed by atoms with E-state index in [9.17, 15) is 32.3 Å². The minimum atomic E-state index is -4.66. The van der Waals surface area contributed by atoms with Gasteiger partial charge in [-0.25, -0.2) is 4.90 Å². The number of thioether (sulfide) groups is 1. The Labute approximate surface area is 248 Å². The summed E-state index contributed by atoms with van der Waals surface area (Å²) in [5.74, 6) is -2.79. The van der Waals surface area contributed by atoms with Crippen LogP contribution in [0.3, 0.4) is 0 Å².